The van der Waals surface area contributed by atoms with E-state index in [1.165, 1.54) is 11.8 Å². The fraction of sp³-hybridized carbons (Fsp3) is 0.120. The van der Waals surface area contributed by atoms with Gasteiger partial charge < -0.3 is 14.2 Å². The number of benzene rings is 3. The predicted molar refractivity (Wildman–Crippen MR) is 127 cm³/mol. The molecule has 3 aromatic rings. The van der Waals surface area contributed by atoms with Gasteiger partial charge in [0.05, 0.1) is 23.4 Å². The highest BCUT2D eigenvalue weighted by molar-refractivity contribution is 8.19. The Hall–Kier alpha value is -3.71. The average molecular weight is 445 g/mol. The van der Waals surface area contributed by atoms with Crippen LogP contribution in [-0.4, -0.2) is 31.4 Å². The Morgan fingerprint density at radius 2 is 1.72 bits per heavy atom. The van der Waals surface area contributed by atoms with Crippen LogP contribution in [0.3, 0.4) is 0 Å². The second-order valence-corrected chi connectivity index (χ2v) is 8.09. The van der Waals surface area contributed by atoms with Gasteiger partial charge in [-0.05, 0) is 71.9 Å². The van der Waals surface area contributed by atoms with E-state index in [0.29, 0.717) is 29.0 Å². The molecule has 0 saturated carbocycles. The molecule has 0 aromatic heterocycles. The molecule has 2 heterocycles. The van der Waals surface area contributed by atoms with Crippen LogP contribution in [0.4, 0.5) is 11.4 Å². The van der Waals surface area contributed by atoms with Crippen LogP contribution >= 0.6 is 11.8 Å². The number of ether oxygens (including phenoxy) is 3. The van der Waals surface area contributed by atoms with Crippen molar-refractivity contribution < 1.29 is 19.0 Å². The molecular weight excluding hydrogens is 424 g/mol. The third-order valence-corrected chi connectivity index (χ3v) is 5.95. The molecule has 0 atom stereocenters. The van der Waals surface area contributed by atoms with E-state index in [1.807, 2.05) is 78.9 Å². The normalized spacial score (nSPS) is 17.8. The van der Waals surface area contributed by atoms with Crippen LogP contribution in [0.5, 0.6) is 17.2 Å². The summed E-state index contributed by atoms with van der Waals surface area (Å²) in [6, 6.07) is 22.6. The Bertz CT molecular complexity index is 1210. The van der Waals surface area contributed by atoms with Gasteiger partial charge >= 0.3 is 0 Å². The van der Waals surface area contributed by atoms with Gasteiger partial charge in [-0.15, -0.1) is 0 Å². The molecule has 3 aromatic carbocycles. The third kappa shape index (κ3) is 4.07. The number of rotatable bonds is 4. The number of carbonyl (C=O) groups excluding carboxylic acids is 1. The Balaban J connectivity index is 1.52. The van der Waals surface area contributed by atoms with E-state index in [0.717, 1.165) is 28.4 Å². The molecule has 5 rings (SSSR count). The first-order valence-electron chi connectivity index (χ1n) is 10.1. The lowest BCUT2D eigenvalue weighted by atomic mass is 10.1. The molecule has 0 aliphatic carbocycles. The van der Waals surface area contributed by atoms with E-state index >= 15 is 0 Å². The minimum absolute atomic E-state index is 0.122. The highest BCUT2D eigenvalue weighted by Gasteiger charge is 2.34. The maximum atomic E-state index is 13.4. The zero-order chi connectivity index (χ0) is 21.9. The molecule has 1 fully saturated rings. The minimum atomic E-state index is -0.122. The van der Waals surface area contributed by atoms with Crippen LogP contribution < -0.4 is 19.1 Å². The van der Waals surface area contributed by atoms with E-state index in [-0.39, 0.29) is 5.91 Å². The van der Waals surface area contributed by atoms with Gasteiger partial charge in [0, 0.05) is 0 Å². The Morgan fingerprint density at radius 3 is 2.47 bits per heavy atom. The lowest BCUT2D eigenvalue weighted by Crippen LogP contribution is -2.28. The fourth-order valence-corrected chi connectivity index (χ4v) is 4.42. The van der Waals surface area contributed by atoms with Crippen molar-refractivity contribution >= 4 is 40.3 Å². The molecular formula is C25H20N2O4S. The number of fused-ring (bicyclic) bond motifs is 1. The van der Waals surface area contributed by atoms with Crippen molar-refractivity contribution in [2.75, 3.05) is 25.2 Å². The summed E-state index contributed by atoms with van der Waals surface area (Å²) in [7, 11) is 1.62. The van der Waals surface area contributed by atoms with E-state index in [1.54, 1.807) is 12.0 Å². The maximum Gasteiger partial charge on any atom is 0.271 e. The number of para-hydroxylation sites is 1. The molecule has 160 valence electrons. The van der Waals surface area contributed by atoms with E-state index in [4.69, 9.17) is 19.2 Å². The van der Waals surface area contributed by atoms with Crippen molar-refractivity contribution in [1.29, 1.82) is 0 Å². The first-order valence-corrected chi connectivity index (χ1v) is 10.9. The van der Waals surface area contributed by atoms with Crippen LogP contribution in [0.2, 0.25) is 0 Å². The van der Waals surface area contributed by atoms with Gasteiger partial charge in [0.25, 0.3) is 5.91 Å². The number of hydrogen-bond acceptors (Lipinski definition) is 6. The van der Waals surface area contributed by atoms with Gasteiger partial charge in [-0.3, -0.25) is 9.69 Å². The van der Waals surface area contributed by atoms with E-state index < -0.39 is 0 Å². The van der Waals surface area contributed by atoms with Crippen molar-refractivity contribution in [3.05, 3.63) is 83.3 Å². The molecule has 0 bridgehead atoms. The molecule has 1 amide bonds. The summed E-state index contributed by atoms with van der Waals surface area (Å²) in [5, 5.41) is 0.593. The summed E-state index contributed by atoms with van der Waals surface area (Å²) >= 11 is 1.34. The third-order valence-electron chi connectivity index (χ3n) is 4.98. The zero-order valence-corrected chi connectivity index (χ0v) is 18.2. The van der Waals surface area contributed by atoms with Crippen LogP contribution in [0.25, 0.3) is 6.08 Å². The van der Waals surface area contributed by atoms with Gasteiger partial charge in [-0.2, -0.15) is 0 Å². The molecule has 1 saturated heterocycles. The number of nitrogens with zero attached hydrogens (tertiary/aromatic N) is 2. The number of methoxy groups -OCH3 is 1. The Morgan fingerprint density at radius 1 is 0.969 bits per heavy atom. The van der Waals surface area contributed by atoms with Crippen LogP contribution in [0.15, 0.2) is 82.7 Å². The molecule has 2 aliphatic rings. The average Bonchev–Trinajstić information content (AvgIpc) is 3.14. The number of aliphatic imine (C=N–C) groups is 1. The van der Waals surface area contributed by atoms with Crippen LogP contribution in [0, 0.1) is 0 Å². The van der Waals surface area contributed by atoms with Crippen LogP contribution in [0.1, 0.15) is 5.56 Å². The van der Waals surface area contributed by atoms with Gasteiger partial charge in [0.15, 0.2) is 16.7 Å². The van der Waals surface area contributed by atoms with Crippen molar-refractivity contribution in [3.63, 3.8) is 0 Å². The maximum absolute atomic E-state index is 13.4. The summed E-state index contributed by atoms with van der Waals surface area (Å²) in [6.45, 7) is 1.06. The quantitative estimate of drug-likeness (QED) is 0.513. The van der Waals surface area contributed by atoms with E-state index in [9.17, 15) is 4.79 Å². The first-order chi connectivity index (χ1) is 15.7. The van der Waals surface area contributed by atoms with Gasteiger partial charge in [-0.1, -0.05) is 24.3 Å². The number of amides is 1. The van der Waals surface area contributed by atoms with Gasteiger partial charge in [0.1, 0.15) is 19.0 Å². The zero-order valence-electron chi connectivity index (χ0n) is 17.4. The SMILES string of the molecule is COc1ccc(/N=C2\S/C(=C\c3ccc4c(c3)OCCO4)C(=O)N2c2ccccc2)cc1. The van der Waals surface area contributed by atoms with Crippen molar-refractivity contribution in [2.45, 2.75) is 0 Å². The lowest BCUT2D eigenvalue weighted by Gasteiger charge is -2.18. The van der Waals surface area contributed by atoms with Crippen LogP contribution in [-0.2, 0) is 4.79 Å². The fourth-order valence-electron chi connectivity index (χ4n) is 3.42. The number of carbonyl (C=O) groups is 1. The largest absolute Gasteiger partial charge is 0.497 e. The molecule has 0 spiro atoms. The minimum Gasteiger partial charge on any atom is -0.497 e. The highest BCUT2D eigenvalue weighted by Crippen LogP contribution is 2.38. The molecule has 7 heteroatoms. The molecule has 32 heavy (non-hydrogen) atoms. The predicted octanol–water partition coefficient (Wildman–Crippen LogP) is 5.28. The van der Waals surface area contributed by atoms with Gasteiger partial charge in [0.2, 0.25) is 0 Å². The van der Waals surface area contributed by atoms with Crippen molar-refractivity contribution in [3.8, 4) is 17.2 Å². The second-order valence-electron chi connectivity index (χ2n) is 7.08. The summed E-state index contributed by atoms with van der Waals surface area (Å²) in [5.74, 6) is 2.04. The summed E-state index contributed by atoms with van der Waals surface area (Å²) in [5.41, 5.74) is 2.37. The molecule has 6 nitrogen and oxygen atoms in total. The molecule has 0 N–H and O–H groups in total. The van der Waals surface area contributed by atoms with E-state index in [2.05, 4.69) is 0 Å². The molecule has 0 unspecified atom stereocenters. The standard InChI is InChI=1S/C25H20N2O4S/c1-29-20-10-8-18(9-11-20)26-25-27(19-5-3-2-4-6-19)24(28)23(32-25)16-17-7-12-21-22(15-17)31-14-13-30-21/h2-12,15-16H,13-14H2,1H3/b23-16-,26-25-. The summed E-state index contributed by atoms with van der Waals surface area (Å²) in [4.78, 5) is 20.3. The van der Waals surface area contributed by atoms with Gasteiger partial charge in [-0.25, -0.2) is 4.99 Å². The Kier molecular flexibility index (Phi) is 5.56. The number of anilines is 1. The molecule has 2 aliphatic heterocycles. The first kappa shape index (κ1) is 20.2. The smallest absolute Gasteiger partial charge is 0.271 e. The second kappa shape index (κ2) is 8.80. The highest BCUT2D eigenvalue weighted by atomic mass is 32.2. The molecule has 0 radical (unpaired) electrons. The summed E-state index contributed by atoms with van der Waals surface area (Å²) < 4.78 is 16.5. The summed E-state index contributed by atoms with van der Waals surface area (Å²) in [6.07, 6.45) is 1.86. The lowest BCUT2D eigenvalue weighted by molar-refractivity contribution is -0.113. The number of hydrogen-bond donors (Lipinski definition) is 0. The monoisotopic (exact) mass is 444 g/mol. The van der Waals surface area contributed by atoms with Crippen molar-refractivity contribution in [1.82, 2.24) is 0 Å². The van der Waals surface area contributed by atoms with Crippen molar-refractivity contribution in [2.24, 2.45) is 4.99 Å². The number of thioether (sulfide) groups is 1. The Labute approximate surface area is 190 Å². The number of amidine groups is 1. The topological polar surface area (TPSA) is 60.4 Å².